The first-order valence-electron chi connectivity index (χ1n) is 6.59. The molecule has 5 nitrogen and oxygen atoms in total. The molecule has 0 radical (unpaired) electrons. The summed E-state index contributed by atoms with van der Waals surface area (Å²) in [5, 5.41) is 9.16. The highest BCUT2D eigenvalue weighted by Crippen LogP contribution is 2.30. The van der Waals surface area contributed by atoms with Crippen LogP contribution in [0.5, 0.6) is 5.75 Å². The van der Waals surface area contributed by atoms with E-state index in [-0.39, 0.29) is 22.0 Å². The molecule has 0 spiro atoms. The van der Waals surface area contributed by atoms with Crippen LogP contribution in [0.1, 0.15) is 19.8 Å². The Balaban J connectivity index is 1.91. The zero-order chi connectivity index (χ0) is 14.6. The van der Waals surface area contributed by atoms with Crippen molar-refractivity contribution >= 4 is 9.84 Å². The number of rotatable bonds is 5. The van der Waals surface area contributed by atoms with Gasteiger partial charge in [0.25, 0.3) is 0 Å². The molecule has 20 heavy (non-hydrogen) atoms. The van der Waals surface area contributed by atoms with E-state index in [0.717, 1.165) is 12.8 Å². The summed E-state index contributed by atoms with van der Waals surface area (Å²) in [6.07, 6.45) is 1.76. The van der Waals surface area contributed by atoms with Crippen molar-refractivity contribution in [3.63, 3.8) is 0 Å². The van der Waals surface area contributed by atoms with Crippen molar-refractivity contribution in [3.8, 4) is 5.75 Å². The molecule has 6 heteroatoms. The summed E-state index contributed by atoms with van der Waals surface area (Å²) < 4.78 is 34.8. The van der Waals surface area contributed by atoms with E-state index in [0.29, 0.717) is 19.8 Å². The van der Waals surface area contributed by atoms with E-state index in [1.165, 1.54) is 24.3 Å². The molecule has 1 N–H and O–H groups in total. The minimum absolute atomic E-state index is 0.0112. The SMILES string of the molecule is CC1(COCS(=O)(=O)c2ccc(O)cc2)CCOCC1. The van der Waals surface area contributed by atoms with Crippen molar-refractivity contribution in [1.82, 2.24) is 0 Å². The number of ether oxygens (including phenoxy) is 2. The molecule has 112 valence electrons. The fourth-order valence-corrected chi connectivity index (χ4v) is 3.12. The first kappa shape index (κ1) is 15.3. The Kier molecular flexibility index (Phi) is 4.67. The van der Waals surface area contributed by atoms with E-state index in [2.05, 4.69) is 6.92 Å². The highest BCUT2D eigenvalue weighted by atomic mass is 32.2. The zero-order valence-electron chi connectivity index (χ0n) is 11.5. The van der Waals surface area contributed by atoms with Crippen LogP contribution in [0.3, 0.4) is 0 Å². The summed E-state index contributed by atoms with van der Waals surface area (Å²) in [5.41, 5.74) is -0.0112. The molecule has 0 bridgehead atoms. The summed E-state index contributed by atoms with van der Waals surface area (Å²) in [4.78, 5) is 0.160. The summed E-state index contributed by atoms with van der Waals surface area (Å²) >= 11 is 0. The summed E-state index contributed by atoms with van der Waals surface area (Å²) in [6, 6.07) is 5.47. The van der Waals surface area contributed by atoms with Crippen LogP contribution >= 0.6 is 0 Å². The van der Waals surface area contributed by atoms with E-state index in [1.54, 1.807) is 0 Å². The van der Waals surface area contributed by atoms with Gasteiger partial charge in [-0.1, -0.05) is 6.92 Å². The van der Waals surface area contributed by atoms with Crippen LogP contribution in [0, 0.1) is 5.41 Å². The minimum atomic E-state index is -3.47. The third-order valence-electron chi connectivity index (χ3n) is 3.58. The van der Waals surface area contributed by atoms with Crippen molar-refractivity contribution in [2.45, 2.75) is 24.7 Å². The summed E-state index contributed by atoms with van der Waals surface area (Å²) in [5.74, 6) is -0.298. The Morgan fingerprint density at radius 3 is 2.45 bits per heavy atom. The maximum absolute atomic E-state index is 12.1. The molecule has 0 unspecified atom stereocenters. The minimum Gasteiger partial charge on any atom is -0.508 e. The first-order chi connectivity index (χ1) is 9.41. The van der Waals surface area contributed by atoms with E-state index >= 15 is 0 Å². The highest BCUT2D eigenvalue weighted by molar-refractivity contribution is 7.91. The molecule has 1 fully saturated rings. The zero-order valence-corrected chi connectivity index (χ0v) is 12.4. The van der Waals surface area contributed by atoms with Gasteiger partial charge in [-0.05, 0) is 42.5 Å². The number of hydrogen-bond donors (Lipinski definition) is 1. The largest absolute Gasteiger partial charge is 0.508 e. The van der Waals surface area contributed by atoms with Crippen LogP contribution in [-0.2, 0) is 19.3 Å². The highest BCUT2D eigenvalue weighted by Gasteiger charge is 2.28. The smallest absolute Gasteiger partial charge is 0.202 e. The van der Waals surface area contributed by atoms with Gasteiger partial charge in [0.15, 0.2) is 5.94 Å². The Labute approximate surface area is 119 Å². The average Bonchev–Trinajstić information content (AvgIpc) is 2.39. The lowest BCUT2D eigenvalue weighted by Crippen LogP contribution is -2.31. The Morgan fingerprint density at radius 1 is 1.25 bits per heavy atom. The molecule has 1 aliphatic heterocycles. The van der Waals surface area contributed by atoms with E-state index in [4.69, 9.17) is 14.6 Å². The van der Waals surface area contributed by atoms with E-state index < -0.39 is 9.84 Å². The van der Waals surface area contributed by atoms with Crippen molar-refractivity contribution in [2.75, 3.05) is 25.8 Å². The summed E-state index contributed by atoms with van der Waals surface area (Å²) in [7, 11) is -3.47. The number of phenols is 1. The topological polar surface area (TPSA) is 72.8 Å². The van der Waals surface area contributed by atoms with Crippen LogP contribution < -0.4 is 0 Å². The second-order valence-corrected chi connectivity index (χ2v) is 7.43. The predicted molar refractivity (Wildman–Crippen MR) is 74.3 cm³/mol. The van der Waals surface area contributed by atoms with E-state index in [1.807, 2.05) is 0 Å². The number of hydrogen-bond acceptors (Lipinski definition) is 5. The van der Waals surface area contributed by atoms with Crippen molar-refractivity contribution < 1.29 is 23.0 Å². The monoisotopic (exact) mass is 300 g/mol. The number of benzene rings is 1. The van der Waals surface area contributed by atoms with Crippen molar-refractivity contribution in [2.24, 2.45) is 5.41 Å². The standard InChI is InChI=1S/C14H20O5S/c1-14(6-8-18-9-7-14)10-19-11-20(16,17)13-4-2-12(15)3-5-13/h2-5,15H,6-11H2,1H3. The fraction of sp³-hybridized carbons (Fsp3) is 0.571. The third kappa shape index (κ3) is 3.94. The molecular weight excluding hydrogens is 280 g/mol. The molecule has 1 aromatic carbocycles. The van der Waals surface area contributed by atoms with Crippen LogP contribution in [0.25, 0.3) is 0 Å². The normalized spacial score (nSPS) is 18.9. The lowest BCUT2D eigenvalue weighted by Gasteiger charge is -2.32. The van der Waals surface area contributed by atoms with Gasteiger partial charge in [-0.15, -0.1) is 0 Å². The Morgan fingerprint density at radius 2 is 1.85 bits per heavy atom. The van der Waals surface area contributed by atoms with Crippen LogP contribution in [0.2, 0.25) is 0 Å². The Bertz CT molecular complexity index is 529. The van der Waals surface area contributed by atoms with Gasteiger partial charge in [-0.2, -0.15) is 0 Å². The maximum Gasteiger partial charge on any atom is 0.202 e. The fourth-order valence-electron chi connectivity index (χ4n) is 2.13. The molecule has 0 aromatic heterocycles. The van der Waals surface area contributed by atoms with Gasteiger partial charge >= 0.3 is 0 Å². The van der Waals surface area contributed by atoms with Gasteiger partial charge in [-0.25, -0.2) is 8.42 Å². The second-order valence-electron chi connectivity index (χ2n) is 5.50. The number of aromatic hydroxyl groups is 1. The molecule has 2 rings (SSSR count). The molecule has 1 aliphatic rings. The third-order valence-corrected chi connectivity index (χ3v) is 5.05. The molecular formula is C14H20O5S. The predicted octanol–water partition coefficient (Wildman–Crippen LogP) is 1.96. The number of sulfone groups is 1. The van der Waals surface area contributed by atoms with Crippen LogP contribution in [0.4, 0.5) is 0 Å². The van der Waals surface area contributed by atoms with Gasteiger partial charge in [0.05, 0.1) is 11.5 Å². The quantitative estimate of drug-likeness (QED) is 0.900. The van der Waals surface area contributed by atoms with Gasteiger partial charge in [0, 0.05) is 13.2 Å². The van der Waals surface area contributed by atoms with Crippen LogP contribution in [-0.4, -0.2) is 39.3 Å². The van der Waals surface area contributed by atoms with Crippen molar-refractivity contribution in [1.29, 1.82) is 0 Å². The van der Waals surface area contributed by atoms with E-state index in [9.17, 15) is 8.42 Å². The Hall–Kier alpha value is -1.11. The van der Waals surface area contributed by atoms with Gasteiger partial charge in [0.1, 0.15) is 5.75 Å². The summed E-state index contributed by atoms with van der Waals surface area (Å²) in [6.45, 7) is 3.89. The maximum atomic E-state index is 12.1. The molecule has 0 aliphatic carbocycles. The van der Waals surface area contributed by atoms with Gasteiger partial charge in [0.2, 0.25) is 9.84 Å². The van der Waals surface area contributed by atoms with Gasteiger partial charge in [-0.3, -0.25) is 0 Å². The molecule has 0 atom stereocenters. The number of phenolic OH excluding ortho intramolecular Hbond substituents is 1. The lowest BCUT2D eigenvalue weighted by atomic mass is 9.83. The molecule has 1 heterocycles. The second kappa shape index (κ2) is 6.11. The van der Waals surface area contributed by atoms with Crippen LogP contribution in [0.15, 0.2) is 29.2 Å². The van der Waals surface area contributed by atoms with Gasteiger partial charge < -0.3 is 14.6 Å². The molecule has 1 aromatic rings. The molecule has 0 saturated carbocycles. The first-order valence-corrected chi connectivity index (χ1v) is 8.24. The molecule has 0 amide bonds. The molecule has 1 saturated heterocycles. The van der Waals surface area contributed by atoms with Crippen molar-refractivity contribution in [3.05, 3.63) is 24.3 Å². The lowest BCUT2D eigenvalue weighted by molar-refractivity contribution is -0.0210. The average molecular weight is 300 g/mol.